The third-order valence-electron chi connectivity index (χ3n) is 3.31. The van der Waals surface area contributed by atoms with E-state index in [-0.39, 0.29) is 11.9 Å². The number of hydrogen-bond donors (Lipinski definition) is 1. The summed E-state index contributed by atoms with van der Waals surface area (Å²) in [5.41, 5.74) is 8.40. The highest BCUT2D eigenvalue weighted by molar-refractivity contribution is 9.10. The maximum Gasteiger partial charge on any atom is 0.147 e. The van der Waals surface area contributed by atoms with Gasteiger partial charge in [0.05, 0.1) is 29.9 Å². The fourth-order valence-electron chi connectivity index (χ4n) is 2.24. The zero-order valence-corrected chi connectivity index (χ0v) is 12.7. The smallest absolute Gasteiger partial charge is 0.147 e. The van der Waals surface area contributed by atoms with E-state index in [1.165, 1.54) is 6.07 Å². The zero-order valence-electron chi connectivity index (χ0n) is 11.1. The summed E-state index contributed by atoms with van der Waals surface area (Å²) >= 11 is 3.36. The molecule has 0 amide bonds. The molecule has 21 heavy (non-hydrogen) atoms. The van der Waals surface area contributed by atoms with Gasteiger partial charge in [-0.1, -0.05) is 46.3 Å². The summed E-state index contributed by atoms with van der Waals surface area (Å²) in [5.74, 6) is -0.322. The Hall–Kier alpha value is -1.98. The lowest BCUT2D eigenvalue weighted by molar-refractivity contribution is 0.613. The van der Waals surface area contributed by atoms with E-state index in [9.17, 15) is 4.39 Å². The van der Waals surface area contributed by atoms with Crippen molar-refractivity contribution in [2.75, 3.05) is 0 Å². The molecule has 1 atom stereocenters. The van der Waals surface area contributed by atoms with Crippen molar-refractivity contribution in [3.8, 4) is 5.69 Å². The van der Waals surface area contributed by atoms with Gasteiger partial charge >= 0.3 is 0 Å². The van der Waals surface area contributed by atoms with Crippen LogP contribution in [-0.2, 0) is 0 Å². The van der Waals surface area contributed by atoms with Crippen molar-refractivity contribution in [1.29, 1.82) is 0 Å². The van der Waals surface area contributed by atoms with Crippen LogP contribution in [0.15, 0.2) is 65.5 Å². The van der Waals surface area contributed by atoms with Crippen LogP contribution in [-0.4, -0.2) is 9.55 Å². The summed E-state index contributed by atoms with van der Waals surface area (Å²) in [6, 6.07) is 14.1. The molecule has 0 fully saturated rings. The Balaban J connectivity index is 2.07. The standard InChI is InChI=1S/C16H13BrFN3/c17-12-6-7-13(18)14(8-12)21-10-20-9-15(21)16(19)11-4-2-1-3-5-11/h1-10,16H,19H2. The molecule has 2 aromatic carbocycles. The number of hydrogen-bond acceptors (Lipinski definition) is 2. The molecule has 1 aromatic heterocycles. The normalized spacial score (nSPS) is 12.3. The molecule has 0 bridgehead atoms. The van der Waals surface area contributed by atoms with Gasteiger partial charge in [-0.25, -0.2) is 9.37 Å². The Kier molecular flexibility index (Phi) is 3.86. The van der Waals surface area contributed by atoms with Crippen molar-refractivity contribution in [2.24, 2.45) is 5.73 Å². The number of imidazole rings is 1. The monoisotopic (exact) mass is 345 g/mol. The Morgan fingerprint density at radius 1 is 1.14 bits per heavy atom. The molecule has 0 aliphatic rings. The van der Waals surface area contributed by atoms with Crippen molar-refractivity contribution in [3.63, 3.8) is 0 Å². The van der Waals surface area contributed by atoms with Crippen LogP contribution in [0.3, 0.4) is 0 Å². The summed E-state index contributed by atoms with van der Waals surface area (Å²) in [5, 5.41) is 0. The van der Waals surface area contributed by atoms with Crippen molar-refractivity contribution in [3.05, 3.63) is 82.6 Å². The molecule has 0 aliphatic carbocycles. The molecule has 1 heterocycles. The molecular formula is C16H13BrFN3. The number of nitrogens with zero attached hydrogens (tertiary/aromatic N) is 2. The number of benzene rings is 2. The van der Waals surface area contributed by atoms with Gasteiger partial charge in [0.25, 0.3) is 0 Å². The van der Waals surface area contributed by atoms with Crippen LogP contribution in [0.4, 0.5) is 4.39 Å². The first-order valence-electron chi connectivity index (χ1n) is 6.45. The number of aromatic nitrogens is 2. The van der Waals surface area contributed by atoms with Gasteiger partial charge in [0, 0.05) is 4.47 Å². The van der Waals surface area contributed by atoms with Crippen molar-refractivity contribution in [2.45, 2.75) is 6.04 Å². The summed E-state index contributed by atoms with van der Waals surface area (Å²) in [7, 11) is 0. The molecular weight excluding hydrogens is 333 g/mol. The van der Waals surface area contributed by atoms with Gasteiger partial charge in [-0.3, -0.25) is 4.57 Å². The van der Waals surface area contributed by atoms with Gasteiger partial charge in [0.1, 0.15) is 5.82 Å². The first kappa shape index (κ1) is 14.0. The van der Waals surface area contributed by atoms with Crippen molar-refractivity contribution < 1.29 is 4.39 Å². The van der Waals surface area contributed by atoms with Gasteiger partial charge in [-0.15, -0.1) is 0 Å². The molecule has 0 spiro atoms. The van der Waals surface area contributed by atoms with Crippen molar-refractivity contribution >= 4 is 15.9 Å². The Labute approximate surface area is 130 Å². The third-order valence-corrected chi connectivity index (χ3v) is 3.81. The van der Waals surface area contributed by atoms with Crippen LogP contribution < -0.4 is 5.73 Å². The molecule has 106 valence electrons. The van der Waals surface area contributed by atoms with Crippen molar-refractivity contribution in [1.82, 2.24) is 9.55 Å². The molecule has 0 radical (unpaired) electrons. The number of rotatable bonds is 3. The summed E-state index contributed by atoms with van der Waals surface area (Å²) in [6.07, 6.45) is 3.24. The van der Waals surface area contributed by atoms with Gasteiger partial charge in [-0.05, 0) is 23.8 Å². The van der Waals surface area contributed by atoms with Crippen LogP contribution in [0.1, 0.15) is 17.3 Å². The topological polar surface area (TPSA) is 43.8 Å². The SMILES string of the molecule is NC(c1ccccc1)c1cncn1-c1cc(Br)ccc1F. The minimum absolute atomic E-state index is 0.322. The highest BCUT2D eigenvalue weighted by Gasteiger charge is 2.16. The molecule has 0 saturated carbocycles. The molecule has 1 unspecified atom stereocenters. The minimum atomic E-state index is -0.368. The molecule has 0 aliphatic heterocycles. The molecule has 0 saturated heterocycles. The first-order chi connectivity index (χ1) is 10.2. The van der Waals surface area contributed by atoms with Crippen LogP contribution in [0.2, 0.25) is 0 Å². The second-order valence-corrected chi connectivity index (χ2v) is 5.59. The third kappa shape index (κ3) is 2.75. The average molecular weight is 346 g/mol. The van der Waals surface area contributed by atoms with E-state index in [1.807, 2.05) is 30.3 Å². The van der Waals surface area contributed by atoms with Crippen LogP contribution in [0.25, 0.3) is 5.69 Å². The minimum Gasteiger partial charge on any atom is -0.319 e. The fraction of sp³-hybridized carbons (Fsp3) is 0.0625. The second kappa shape index (κ2) is 5.79. The van der Waals surface area contributed by atoms with E-state index in [0.29, 0.717) is 5.69 Å². The van der Waals surface area contributed by atoms with Crippen LogP contribution >= 0.6 is 15.9 Å². The lowest BCUT2D eigenvalue weighted by Gasteiger charge is -2.15. The largest absolute Gasteiger partial charge is 0.319 e. The van der Waals surface area contributed by atoms with Gasteiger partial charge in [-0.2, -0.15) is 0 Å². The number of halogens is 2. The van der Waals surface area contributed by atoms with Gasteiger partial charge in [0.15, 0.2) is 0 Å². The Morgan fingerprint density at radius 3 is 2.67 bits per heavy atom. The zero-order chi connectivity index (χ0) is 14.8. The number of nitrogens with two attached hydrogens (primary N) is 1. The molecule has 3 rings (SSSR count). The maximum absolute atomic E-state index is 14.1. The quantitative estimate of drug-likeness (QED) is 0.784. The van der Waals surface area contributed by atoms with Crippen LogP contribution in [0, 0.1) is 5.82 Å². The van der Waals surface area contributed by atoms with E-state index < -0.39 is 0 Å². The van der Waals surface area contributed by atoms with Gasteiger partial charge in [0.2, 0.25) is 0 Å². The summed E-state index contributed by atoms with van der Waals surface area (Å²) in [6.45, 7) is 0. The Bertz CT molecular complexity index is 755. The van der Waals surface area contributed by atoms with Gasteiger partial charge < -0.3 is 5.73 Å². The molecule has 3 aromatic rings. The van der Waals surface area contributed by atoms with E-state index >= 15 is 0 Å². The Morgan fingerprint density at radius 2 is 1.90 bits per heavy atom. The first-order valence-corrected chi connectivity index (χ1v) is 7.24. The molecule has 2 N–H and O–H groups in total. The fourth-order valence-corrected chi connectivity index (χ4v) is 2.59. The second-order valence-electron chi connectivity index (χ2n) is 4.67. The lowest BCUT2D eigenvalue weighted by atomic mass is 10.1. The van der Waals surface area contributed by atoms with E-state index in [0.717, 1.165) is 15.7 Å². The van der Waals surface area contributed by atoms with E-state index in [2.05, 4.69) is 20.9 Å². The highest BCUT2D eigenvalue weighted by atomic mass is 79.9. The molecule has 3 nitrogen and oxygen atoms in total. The lowest BCUT2D eigenvalue weighted by Crippen LogP contribution is -2.16. The summed E-state index contributed by atoms with van der Waals surface area (Å²) in [4.78, 5) is 4.12. The van der Waals surface area contributed by atoms with Crippen LogP contribution in [0.5, 0.6) is 0 Å². The predicted octanol–water partition coefficient (Wildman–Crippen LogP) is 3.82. The predicted molar refractivity (Wildman–Crippen MR) is 83.7 cm³/mol. The average Bonchev–Trinajstić information content (AvgIpc) is 2.99. The summed E-state index contributed by atoms with van der Waals surface area (Å²) < 4.78 is 16.5. The highest BCUT2D eigenvalue weighted by Crippen LogP contribution is 2.25. The molecule has 5 heteroatoms. The maximum atomic E-state index is 14.1. The van der Waals surface area contributed by atoms with E-state index in [1.54, 1.807) is 29.2 Å². The van der Waals surface area contributed by atoms with E-state index in [4.69, 9.17) is 5.73 Å².